The molecule has 0 aliphatic rings. The minimum absolute atomic E-state index is 0.360. The number of pyridine rings is 1. The van der Waals surface area contributed by atoms with Crippen molar-refractivity contribution in [3.8, 4) is 6.07 Å². The Balaban J connectivity index is 2.04. The normalized spacial score (nSPS) is 10.3. The van der Waals surface area contributed by atoms with Gasteiger partial charge in [-0.3, -0.25) is 0 Å². The van der Waals surface area contributed by atoms with Crippen LogP contribution in [0.1, 0.15) is 5.56 Å². The second kappa shape index (κ2) is 5.51. The zero-order valence-electron chi connectivity index (χ0n) is 10.8. The average Bonchev–Trinajstić information content (AvgIpc) is 2.50. The first-order valence-electron chi connectivity index (χ1n) is 6.19. The summed E-state index contributed by atoms with van der Waals surface area (Å²) in [5.74, 6) is 0.147. The molecule has 3 rings (SSSR count). The van der Waals surface area contributed by atoms with Crippen LogP contribution in [0.5, 0.6) is 0 Å². The smallest absolute Gasteiger partial charge is 0.139 e. The fourth-order valence-electron chi connectivity index (χ4n) is 2.05. The minimum atomic E-state index is -0.360. The third-order valence-corrected chi connectivity index (χ3v) is 3.67. The molecule has 0 fully saturated rings. The molecule has 2 aromatic carbocycles. The molecule has 0 aliphatic heterocycles. The molecular weight excluding hydrogens is 333 g/mol. The number of nitriles is 1. The van der Waals surface area contributed by atoms with Crippen LogP contribution in [0.3, 0.4) is 0 Å². The van der Waals surface area contributed by atoms with Crippen molar-refractivity contribution in [2.75, 3.05) is 5.32 Å². The molecule has 3 aromatic rings. The van der Waals surface area contributed by atoms with Crippen molar-refractivity contribution >= 4 is 38.3 Å². The van der Waals surface area contributed by atoms with Crippen LogP contribution in [0.25, 0.3) is 10.9 Å². The number of nitrogens with zero attached hydrogens (tertiary/aromatic N) is 2. The first-order valence-corrected chi connectivity index (χ1v) is 6.98. The number of hydrogen-bond acceptors (Lipinski definition) is 3. The van der Waals surface area contributed by atoms with Gasteiger partial charge in [0.25, 0.3) is 0 Å². The van der Waals surface area contributed by atoms with Crippen molar-refractivity contribution in [3.05, 3.63) is 64.4 Å². The van der Waals surface area contributed by atoms with Gasteiger partial charge in [0.2, 0.25) is 0 Å². The van der Waals surface area contributed by atoms with E-state index in [2.05, 4.69) is 32.3 Å². The Labute approximate surface area is 129 Å². The molecule has 0 unspecified atom stereocenters. The standard InChI is InChI=1S/C16H9BrFN3/c17-13-6-5-11(8-14(13)18)20-16-7-10(9-19)12-3-1-2-4-15(12)21-16/h1-8H,(H,20,21). The third kappa shape index (κ3) is 2.71. The van der Waals surface area contributed by atoms with Gasteiger partial charge in [0.1, 0.15) is 11.6 Å². The zero-order valence-corrected chi connectivity index (χ0v) is 12.4. The van der Waals surface area contributed by atoms with Crippen molar-refractivity contribution in [1.29, 1.82) is 5.26 Å². The number of hydrogen-bond donors (Lipinski definition) is 1. The zero-order chi connectivity index (χ0) is 14.8. The fourth-order valence-corrected chi connectivity index (χ4v) is 2.30. The minimum Gasteiger partial charge on any atom is -0.340 e. The first kappa shape index (κ1) is 13.5. The van der Waals surface area contributed by atoms with Gasteiger partial charge >= 0.3 is 0 Å². The van der Waals surface area contributed by atoms with Gasteiger partial charge in [-0.2, -0.15) is 5.26 Å². The molecule has 0 bridgehead atoms. The predicted octanol–water partition coefficient (Wildman–Crippen LogP) is 4.75. The number of halogens is 2. The van der Waals surface area contributed by atoms with Crippen molar-refractivity contribution in [1.82, 2.24) is 4.98 Å². The summed E-state index contributed by atoms with van der Waals surface area (Å²) in [7, 11) is 0. The summed E-state index contributed by atoms with van der Waals surface area (Å²) in [5.41, 5.74) is 1.82. The molecule has 102 valence electrons. The molecule has 0 atom stereocenters. The molecule has 0 spiro atoms. The maximum Gasteiger partial charge on any atom is 0.139 e. The van der Waals surface area contributed by atoms with Gasteiger partial charge in [-0.1, -0.05) is 18.2 Å². The van der Waals surface area contributed by atoms with Gasteiger partial charge in [0.15, 0.2) is 0 Å². The summed E-state index contributed by atoms with van der Waals surface area (Å²) < 4.78 is 13.9. The van der Waals surface area contributed by atoms with Crippen molar-refractivity contribution in [3.63, 3.8) is 0 Å². The highest BCUT2D eigenvalue weighted by Crippen LogP contribution is 2.25. The van der Waals surface area contributed by atoms with E-state index in [1.54, 1.807) is 18.2 Å². The molecule has 3 nitrogen and oxygen atoms in total. The predicted molar refractivity (Wildman–Crippen MR) is 83.8 cm³/mol. The van der Waals surface area contributed by atoms with Gasteiger partial charge in [-0.15, -0.1) is 0 Å². The summed E-state index contributed by atoms with van der Waals surface area (Å²) >= 11 is 3.11. The van der Waals surface area contributed by atoms with Gasteiger partial charge in [0, 0.05) is 11.1 Å². The van der Waals surface area contributed by atoms with E-state index in [0.29, 0.717) is 21.5 Å². The van der Waals surface area contributed by atoms with E-state index < -0.39 is 0 Å². The molecule has 1 aromatic heterocycles. The Morgan fingerprint density at radius 2 is 1.95 bits per heavy atom. The molecule has 0 saturated carbocycles. The van der Waals surface area contributed by atoms with Crippen LogP contribution in [0.4, 0.5) is 15.9 Å². The van der Waals surface area contributed by atoms with E-state index in [4.69, 9.17) is 0 Å². The second-order valence-electron chi connectivity index (χ2n) is 4.44. The average molecular weight is 342 g/mol. The van der Waals surface area contributed by atoms with Gasteiger partial charge < -0.3 is 5.32 Å². The number of para-hydroxylation sites is 1. The molecular formula is C16H9BrFN3. The second-order valence-corrected chi connectivity index (χ2v) is 5.29. The molecule has 0 radical (unpaired) electrons. The van der Waals surface area contributed by atoms with Crippen LogP contribution in [-0.2, 0) is 0 Å². The van der Waals surface area contributed by atoms with Gasteiger partial charge in [-0.25, -0.2) is 9.37 Å². The fraction of sp³-hybridized carbons (Fsp3) is 0. The Hall–Kier alpha value is -2.45. The lowest BCUT2D eigenvalue weighted by Crippen LogP contribution is -1.96. The maximum atomic E-state index is 13.5. The monoisotopic (exact) mass is 341 g/mol. The highest BCUT2D eigenvalue weighted by atomic mass is 79.9. The largest absolute Gasteiger partial charge is 0.340 e. The Morgan fingerprint density at radius 1 is 1.14 bits per heavy atom. The Morgan fingerprint density at radius 3 is 2.71 bits per heavy atom. The lowest BCUT2D eigenvalue weighted by Gasteiger charge is -2.08. The molecule has 1 heterocycles. The van der Waals surface area contributed by atoms with Crippen molar-refractivity contribution in [2.45, 2.75) is 0 Å². The number of nitrogens with one attached hydrogen (secondary N) is 1. The number of aromatic nitrogens is 1. The SMILES string of the molecule is N#Cc1cc(Nc2ccc(Br)c(F)c2)nc2ccccc12. The van der Waals surface area contributed by atoms with E-state index >= 15 is 0 Å². The number of rotatable bonds is 2. The molecule has 0 saturated heterocycles. The van der Waals surface area contributed by atoms with Crippen LogP contribution in [0.15, 0.2) is 53.0 Å². The quantitative estimate of drug-likeness (QED) is 0.731. The van der Waals surface area contributed by atoms with Gasteiger partial charge in [0.05, 0.1) is 21.6 Å². The Bertz CT molecular complexity index is 871. The van der Waals surface area contributed by atoms with Crippen molar-refractivity contribution in [2.24, 2.45) is 0 Å². The highest BCUT2D eigenvalue weighted by Gasteiger charge is 2.06. The van der Waals surface area contributed by atoms with Crippen LogP contribution >= 0.6 is 15.9 Å². The van der Waals surface area contributed by atoms with Crippen LogP contribution in [0, 0.1) is 17.1 Å². The Kier molecular flexibility index (Phi) is 3.55. The summed E-state index contributed by atoms with van der Waals surface area (Å²) in [5, 5.41) is 13.0. The molecule has 1 N–H and O–H groups in total. The lowest BCUT2D eigenvalue weighted by molar-refractivity contribution is 0.622. The molecule has 21 heavy (non-hydrogen) atoms. The summed E-state index contributed by atoms with van der Waals surface area (Å²) in [4.78, 5) is 4.43. The highest BCUT2D eigenvalue weighted by molar-refractivity contribution is 9.10. The molecule has 5 heteroatoms. The van der Waals surface area contributed by atoms with Crippen LogP contribution < -0.4 is 5.32 Å². The number of benzene rings is 2. The lowest BCUT2D eigenvalue weighted by atomic mass is 10.1. The summed E-state index contributed by atoms with van der Waals surface area (Å²) in [6.07, 6.45) is 0. The summed E-state index contributed by atoms with van der Waals surface area (Å²) in [6, 6.07) is 15.9. The van der Waals surface area contributed by atoms with Gasteiger partial charge in [-0.05, 0) is 46.3 Å². The molecule has 0 aliphatic carbocycles. The van der Waals surface area contributed by atoms with E-state index in [-0.39, 0.29) is 5.82 Å². The van der Waals surface area contributed by atoms with Crippen molar-refractivity contribution < 1.29 is 4.39 Å². The summed E-state index contributed by atoms with van der Waals surface area (Å²) in [6.45, 7) is 0. The van der Waals surface area contributed by atoms with E-state index in [1.807, 2.05) is 24.3 Å². The number of fused-ring (bicyclic) bond motifs is 1. The van der Waals surface area contributed by atoms with E-state index in [9.17, 15) is 9.65 Å². The van der Waals surface area contributed by atoms with Crippen LogP contribution in [0.2, 0.25) is 0 Å². The topological polar surface area (TPSA) is 48.7 Å². The number of anilines is 2. The van der Waals surface area contributed by atoms with Crippen LogP contribution in [-0.4, -0.2) is 4.98 Å². The third-order valence-electron chi connectivity index (χ3n) is 3.03. The van der Waals surface area contributed by atoms with E-state index in [0.717, 1.165) is 10.9 Å². The first-order chi connectivity index (χ1) is 10.2. The maximum absolute atomic E-state index is 13.5. The molecule has 0 amide bonds. The van der Waals surface area contributed by atoms with E-state index in [1.165, 1.54) is 6.07 Å².